The van der Waals surface area contributed by atoms with Crippen LogP contribution in [0.25, 0.3) is 11.1 Å². The average Bonchev–Trinajstić information content (AvgIpc) is 3.35. The fraction of sp³-hybridized carbons (Fsp3) is 0.353. The Morgan fingerprint density at radius 2 is 1.21 bits per heavy atom. The maximum absolute atomic E-state index is 2.52. The molecule has 1 atom stereocenters. The van der Waals surface area contributed by atoms with Crippen molar-refractivity contribution in [2.75, 3.05) is 0 Å². The lowest BCUT2D eigenvalue weighted by atomic mass is 9.73. The zero-order valence-corrected chi connectivity index (χ0v) is 21.9. The lowest BCUT2D eigenvalue weighted by Crippen LogP contribution is -2.16. The van der Waals surface area contributed by atoms with Gasteiger partial charge in [0.25, 0.3) is 0 Å². The van der Waals surface area contributed by atoms with Crippen molar-refractivity contribution in [2.24, 2.45) is 0 Å². The average molecular weight is 447 g/mol. The van der Waals surface area contributed by atoms with Crippen LogP contribution in [0.2, 0.25) is 0 Å². The maximum atomic E-state index is 2.52. The SMILES string of the molecule is CC1=CC=C(C(c2ccccc2)C2c3cc(C(C)(C)C)ccc3-c3ccc(C(C)(C)C)cc32)C1. The summed E-state index contributed by atoms with van der Waals surface area (Å²) in [6, 6.07) is 25.7. The van der Waals surface area contributed by atoms with E-state index in [0.29, 0.717) is 11.8 Å². The van der Waals surface area contributed by atoms with E-state index in [1.54, 1.807) is 0 Å². The topological polar surface area (TPSA) is 0 Å². The van der Waals surface area contributed by atoms with Crippen LogP contribution in [0, 0.1) is 0 Å². The Morgan fingerprint density at radius 3 is 1.65 bits per heavy atom. The summed E-state index contributed by atoms with van der Waals surface area (Å²) < 4.78 is 0. The molecule has 0 heterocycles. The Balaban J connectivity index is 1.77. The molecule has 3 aromatic carbocycles. The monoisotopic (exact) mass is 446 g/mol. The first-order valence-electron chi connectivity index (χ1n) is 12.7. The van der Waals surface area contributed by atoms with Crippen molar-refractivity contribution in [3.8, 4) is 11.1 Å². The van der Waals surface area contributed by atoms with Gasteiger partial charge in [0.15, 0.2) is 0 Å². The molecule has 174 valence electrons. The summed E-state index contributed by atoms with van der Waals surface area (Å²) >= 11 is 0. The molecule has 2 aliphatic carbocycles. The van der Waals surface area contributed by atoms with E-state index < -0.39 is 0 Å². The van der Waals surface area contributed by atoms with Crippen molar-refractivity contribution < 1.29 is 0 Å². The Morgan fingerprint density at radius 1 is 0.676 bits per heavy atom. The minimum atomic E-state index is 0.123. The highest BCUT2D eigenvalue weighted by atomic mass is 14.4. The summed E-state index contributed by atoms with van der Waals surface area (Å²) in [5.74, 6) is 0.655. The summed E-state index contributed by atoms with van der Waals surface area (Å²) in [5.41, 5.74) is 13.3. The standard InChI is InChI=1S/C34H38/c1-22-13-14-24(19-22)31(23-11-9-8-10-12-23)32-29-20-25(33(2,3)4)15-17-27(29)28-18-16-26(21-30(28)32)34(5,6)7/h8-18,20-21,31-32H,19H2,1-7H3. The fourth-order valence-electron chi connectivity index (χ4n) is 5.77. The van der Waals surface area contributed by atoms with Crippen LogP contribution in [0.5, 0.6) is 0 Å². The summed E-state index contributed by atoms with van der Waals surface area (Å²) in [7, 11) is 0. The second-order valence-corrected chi connectivity index (χ2v) is 12.4. The number of allylic oxidation sites excluding steroid dienone is 4. The molecule has 0 spiro atoms. The number of hydrogen-bond donors (Lipinski definition) is 0. The van der Waals surface area contributed by atoms with Crippen molar-refractivity contribution >= 4 is 0 Å². The zero-order valence-electron chi connectivity index (χ0n) is 21.9. The molecule has 0 fully saturated rings. The first-order valence-corrected chi connectivity index (χ1v) is 12.7. The summed E-state index contributed by atoms with van der Waals surface area (Å²) in [6.07, 6.45) is 5.78. The van der Waals surface area contributed by atoms with Crippen LogP contribution >= 0.6 is 0 Å². The van der Waals surface area contributed by atoms with E-state index in [4.69, 9.17) is 0 Å². The van der Waals surface area contributed by atoms with Crippen LogP contribution in [-0.2, 0) is 10.8 Å². The third-order valence-electron chi connectivity index (χ3n) is 7.75. The van der Waals surface area contributed by atoms with Gasteiger partial charge in [-0.2, -0.15) is 0 Å². The molecule has 0 heteroatoms. The van der Waals surface area contributed by atoms with Crippen LogP contribution in [0.1, 0.15) is 94.5 Å². The normalized spacial score (nSPS) is 16.7. The maximum Gasteiger partial charge on any atom is 0.0208 e. The van der Waals surface area contributed by atoms with Gasteiger partial charge < -0.3 is 0 Å². The second-order valence-electron chi connectivity index (χ2n) is 12.4. The molecule has 0 N–H and O–H groups in total. The van der Waals surface area contributed by atoms with Gasteiger partial charge >= 0.3 is 0 Å². The van der Waals surface area contributed by atoms with E-state index in [1.807, 2.05) is 0 Å². The summed E-state index contributed by atoms with van der Waals surface area (Å²) in [4.78, 5) is 0. The Hall–Kier alpha value is -2.86. The van der Waals surface area contributed by atoms with Gasteiger partial charge in [0, 0.05) is 11.8 Å². The quantitative estimate of drug-likeness (QED) is 0.376. The molecule has 0 amide bonds. The molecule has 2 aliphatic rings. The van der Waals surface area contributed by atoms with E-state index in [-0.39, 0.29) is 10.8 Å². The van der Waals surface area contributed by atoms with Crippen molar-refractivity contribution in [2.45, 2.75) is 77.6 Å². The summed E-state index contributed by atoms with van der Waals surface area (Å²) in [5, 5.41) is 0. The van der Waals surface area contributed by atoms with Gasteiger partial charge in [-0.3, -0.25) is 0 Å². The molecule has 0 saturated heterocycles. The van der Waals surface area contributed by atoms with Crippen LogP contribution in [0.15, 0.2) is 90.0 Å². The van der Waals surface area contributed by atoms with Gasteiger partial charge in [-0.15, -0.1) is 0 Å². The second kappa shape index (κ2) is 8.12. The number of fused-ring (bicyclic) bond motifs is 3. The van der Waals surface area contributed by atoms with Gasteiger partial charge in [-0.05, 0) is 63.1 Å². The first kappa shape index (κ1) is 22.9. The van der Waals surface area contributed by atoms with Crippen LogP contribution in [0.3, 0.4) is 0 Å². The Bertz CT molecular complexity index is 1220. The van der Waals surface area contributed by atoms with Gasteiger partial charge in [-0.25, -0.2) is 0 Å². The minimum absolute atomic E-state index is 0.123. The predicted molar refractivity (Wildman–Crippen MR) is 147 cm³/mol. The molecule has 34 heavy (non-hydrogen) atoms. The smallest absolute Gasteiger partial charge is 0.0208 e. The minimum Gasteiger partial charge on any atom is -0.0692 e. The van der Waals surface area contributed by atoms with Crippen molar-refractivity contribution in [3.63, 3.8) is 0 Å². The third-order valence-corrected chi connectivity index (χ3v) is 7.75. The first-order chi connectivity index (χ1) is 16.0. The van der Waals surface area contributed by atoms with E-state index >= 15 is 0 Å². The lowest BCUT2D eigenvalue weighted by Gasteiger charge is -2.30. The van der Waals surface area contributed by atoms with E-state index in [2.05, 4.69) is 127 Å². The third kappa shape index (κ3) is 3.98. The van der Waals surface area contributed by atoms with E-state index in [9.17, 15) is 0 Å². The van der Waals surface area contributed by atoms with Gasteiger partial charge in [0.05, 0.1) is 0 Å². The molecule has 0 radical (unpaired) electrons. The largest absolute Gasteiger partial charge is 0.0692 e. The molecule has 0 bridgehead atoms. The lowest BCUT2D eigenvalue weighted by molar-refractivity contribution is 0.585. The molecule has 1 unspecified atom stereocenters. The van der Waals surface area contributed by atoms with E-state index in [1.165, 1.54) is 50.1 Å². The van der Waals surface area contributed by atoms with Gasteiger partial charge in [-0.1, -0.05) is 132 Å². The van der Waals surface area contributed by atoms with Crippen LogP contribution < -0.4 is 0 Å². The molecule has 0 aliphatic heterocycles. The van der Waals surface area contributed by atoms with Crippen LogP contribution in [-0.4, -0.2) is 0 Å². The Kier molecular flexibility index (Phi) is 5.47. The highest BCUT2D eigenvalue weighted by molar-refractivity contribution is 5.81. The Labute approximate surface area is 206 Å². The number of hydrogen-bond acceptors (Lipinski definition) is 0. The van der Waals surface area contributed by atoms with Crippen molar-refractivity contribution in [1.82, 2.24) is 0 Å². The molecule has 0 aromatic heterocycles. The van der Waals surface area contributed by atoms with Gasteiger partial charge in [0.2, 0.25) is 0 Å². The molecule has 0 saturated carbocycles. The molecule has 3 aromatic rings. The zero-order chi connectivity index (χ0) is 24.3. The molecule has 5 rings (SSSR count). The number of benzene rings is 3. The van der Waals surface area contributed by atoms with Gasteiger partial charge in [0.1, 0.15) is 0 Å². The highest BCUT2D eigenvalue weighted by Gasteiger charge is 2.38. The van der Waals surface area contributed by atoms with Crippen molar-refractivity contribution in [3.05, 3.63) is 118 Å². The number of rotatable bonds is 3. The molecule has 0 nitrogen and oxygen atoms in total. The molecular formula is C34H38. The van der Waals surface area contributed by atoms with Crippen molar-refractivity contribution in [1.29, 1.82) is 0 Å². The highest BCUT2D eigenvalue weighted by Crippen LogP contribution is 2.55. The fourth-order valence-corrected chi connectivity index (χ4v) is 5.77. The predicted octanol–water partition coefficient (Wildman–Crippen LogP) is 9.45. The van der Waals surface area contributed by atoms with E-state index in [0.717, 1.165) is 6.42 Å². The van der Waals surface area contributed by atoms with Crippen LogP contribution in [0.4, 0.5) is 0 Å². The summed E-state index contributed by atoms with van der Waals surface area (Å²) in [6.45, 7) is 16.2. The molecular weight excluding hydrogens is 408 g/mol.